The summed E-state index contributed by atoms with van der Waals surface area (Å²) in [6, 6.07) is 13.0. The summed E-state index contributed by atoms with van der Waals surface area (Å²) in [5, 5.41) is 6.69. The lowest BCUT2D eigenvalue weighted by atomic mass is 10.1. The first-order valence-corrected chi connectivity index (χ1v) is 13.8. The highest BCUT2D eigenvalue weighted by atomic mass is 35.5. The molecule has 4 rings (SSSR count). The van der Waals surface area contributed by atoms with Gasteiger partial charge in [0.1, 0.15) is 0 Å². The normalized spacial score (nSPS) is 13.5. The second kappa shape index (κ2) is 13.3. The van der Waals surface area contributed by atoms with Crippen molar-refractivity contribution >= 4 is 46.9 Å². The first-order chi connectivity index (χ1) is 20.7. The third kappa shape index (κ3) is 8.69. The molecule has 0 atom stereocenters. The van der Waals surface area contributed by atoms with Gasteiger partial charge in [-0.25, -0.2) is 0 Å². The number of alkyl halides is 3. The number of primary amides is 1. The Morgan fingerprint density at radius 2 is 1.57 bits per heavy atom. The molecule has 1 saturated carbocycles. The minimum atomic E-state index is -4.60. The van der Waals surface area contributed by atoms with Crippen LogP contribution in [0, 0.1) is 0 Å². The van der Waals surface area contributed by atoms with E-state index in [2.05, 4.69) is 25.6 Å². The molecular weight excluding hydrogens is 605 g/mol. The number of benzene rings is 2. The van der Waals surface area contributed by atoms with Crippen LogP contribution in [0.5, 0.6) is 6.01 Å². The zero-order valence-corrected chi connectivity index (χ0v) is 24.6. The number of aromatic nitrogens is 3. The van der Waals surface area contributed by atoms with Gasteiger partial charge in [0.2, 0.25) is 11.9 Å². The number of halogens is 4. The van der Waals surface area contributed by atoms with Gasteiger partial charge in [0.15, 0.2) is 6.61 Å². The number of hydrogen-bond acceptors (Lipinski definition) is 9. The van der Waals surface area contributed by atoms with Gasteiger partial charge in [-0.15, -0.1) is 0 Å². The van der Waals surface area contributed by atoms with E-state index in [4.69, 9.17) is 22.1 Å². The standard InChI is InChI=1S/C28H30ClF3N8O4/c1-39(14-3-15-40(2)23(43)21(33)41)22(42)17-4-10-20(11-5-17)34-24-35-25(37-26(36-24)44-16-28(30,31)32)38-27(12-13-27)18-6-8-19(29)9-7-18/h4-11H,3,12-16H2,1-2H3,(H2,33,41)(H2,34,35,36,37,38). The van der Waals surface area contributed by atoms with Gasteiger partial charge in [0.05, 0.1) is 5.54 Å². The third-order valence-electron chi connectivity index (χ3n) is 6.76. The van der Waals surface area contributed by atoms with Crippen molar-refractivity contribution in [3.63, 3.8) is 0 Å². The van der Waals surface area contributed by atoms with Crippen molar-refractivity contribution in [2.24, 2.45) is 5.73 Å². The SMILES string of the molecule is CN(CCCN(C)C(=O)c1ccc(Nc2nc(NC3(c4ccc(Cl)cc4)CC3)nc(OCC(F)(F)F)n2)cc1)C(=O)C(N)=O. The highest BCUT2D eigenvalue weighted by molar-refractivity contribution is 6.34. The zero-order chi connectivity index (χ0) is 32.1. The van der Waals surface area contributed by atoms with Crippen LogP contribution in [0.1, 0.15) is 35.2 Å². The maximum Gasteiger partial charge on any atom is 0.422 e. The number of nitrogens with one attached hydrogen (secondary N) is 2. The molecule has 0 unspecified atom stereocenters. The van der Waals surface area contributed by atoms with Crippen molar-refractivity contribution in [2.75, 3.05) is 44.4 Å². The number of hydrogen-bond donors (Lipinski definition) is 3. The van der Waals surface area contributed by atoms with Crippen LogP contribution in [0.4, 0.5) is 30.8 Å². The molecule has 0 aliphatic heterocycles. The van der Waals surface area contributed by atoms with Gasteiger partial charge in [0, 0.05) is 43.5 Å². The summed E-state index contributed by atoms with van der Waals surface area (Å²) in [5.74, 6) is -2.20. The summed E-state index contributed by atoms with van der Waals surface area (Å²) in [6.45, 7) is -1.03. The van der Waals surface area contributed by atoms with E-state index in [1.807, 2.05) is 12.1 Å². The predicted molar refractivity (Wildman–Crippen MR) is 155 cm³/mol. The topological polar surface area (TPSA) is 156 Å². The van der Waals surface area contributed by atoms with E-state index in [1.165, 1.54) is 16.8 Å². The Morgan fingerprint density at radius 1 is 0.955 bits per heavy atom. The average Bonchev–Trinajstić information content (AvgIpc) is 3.75. The molecule has 16 heteroatoms. The van der Waals surface area contributed by atoms with Crippen molar-refractivity contribution in [1.29, 1.82) is 0 Å². The van der Waals surface area contributed by atoms with Gasteiger partial charge in [-0.3, -0.25) is 14.4 Å². The van der Waals surface area contributed by atoms with E-state index in [1.54, 1.807) is 43.4 Å². The molecule has 12 nitrogen and oxygen atoms in total. The van der Waals surface area contributed by atoms with Crippen LogP contribution in [-0.4, -0.2) is 82.4 Å². The van der Waals surface area contributed by atoms with Crippen LogP contribution in [0.25, 0.3) is 0 Å². The minimum absolute atomic E-state index is 0.0173. The molecule has 3 aromatic rings. The molecule has 2 aromatic carbocycles. The number of anilines is 3. The molecule has 1 aromatic heterocycles. The monoisotopic (exact) mass is 634 g/mol. The Balaban J connectivity index is 1.44. The zero-order valence-electron chi connectivity index (χ0n) is 23.8. The molecule has 1 heterocycles. The number of carbonyl (C=O) groups excluding carboxylic acids is 3. The molecule has 0 bridgehead atoms. The van der Waals surface area contributed by atoms with Crippen molar-refractivity contribution in [3.8, 4) is 6.01 Å². The second-order valence-corrected chi connectivity index (χ2v) is 10.7. The van der Waals surface area contributed by atoms with Crippen molar-refractivity contribution in [3.05, 3.63) is 64.7 Å². The molecule has 44 heavy (non-hydrogen) atoms. The fraction of sp³-hybridized carbons (Fsp3) is 0.357. The van der Waals surface area contributed by atoms with E-state index >= 15 is 0 Å². The number of amides is 3. The summed E-state index contributed by atoms with van der Waals surface area (Å²) >= 11 is 6.01. The Bertz CT molecular complexity index is 1500. The third-order valence-corrected chi connectivity index (χ3v) is 7.01. The summed E-state index contributed by atoms with van der Waals surface area (Å²) in [5.41, 5.74) is 6.22. The number of carbonyl (C=O) groups is 3. The molecule has 3 amide bonds. The molecule has 1 aliphatic rings. The Hall–Kier alpha value is -4.66. The highest BCUT2D eigenvalue weighted by Gasteiger charge is 2.45. The molecule has 4 N–H and O–H groups in total. The van der Waals surface area contributed by atoms with E-state index < -0.39 is 36.1 Å². The lowest BCUT2D eigenvalue weighted by molar-refractivity contribution is -0.154. The summed E-state index contributed by atoms with van der Waals surface area (Å²) < 4.78 is 43.4. The molecule has 0 saturated heterocycles. The smallest absolute Gasteiger partial charge is 0.422 e. The second-order valence-electron chi connectivity index (χ2n) is 10.3. The van der Waals surface area contributed by atoms with Crippen LogP contribution >= 0.6 is 11.6 Å². The van der Waals surface area contributed by atoms with Gasteiger partial charge in [-0.05, 0) is 61.2 Å². The maximum absolute atomic E-state index is 12.8. The Morgan fingerprint density at radius 3 is 2.16 bits per heavy atom. The Labute approximate surface area is 255 Å². The van der Waals surface area contributed by atoms with Crippen LogP contribution in [0.15, 0.2) is 48.5 Å². The predicted octanol–water partition coefficient (Wildman–Crippen LogP) is 3.72. The number of nitrogens with zero attached hydrogens (tertiary/aromatic N) is 5. The van der Waals surface area contributed by atoms with E-state index in [9.17, 15) is 27.6 Å². The van der Waals surface area contributed by atoms with Crippen LogP contribution in [0.2, 0.25) is 5.02 Å². The first kappa shape index (κ1) is 32.3. The number of ether oxygens (including phenoxy) is 1. The average molecular weight is 635 g/mol. The summed E-state index contributed by atoms with van der Waals surface area (Å²) in [4.78, 5) is 50.4. The van der Waals surface area contributed by atoms with Gasteiger partial charge < -0.3 is 30.9 Å². The molecule has 0 spiro atoms. The number of nitrogens with two attached hydrogens (primary N) is 1. The Kier molecular flexibility index (Phi) is 9.77. The van der Waals surface area contributed by atoms with Crippen LogP contribution in [-0.2, 0) is 15.1 Å². The molecular formula is C28H30ClF3N8O4. The quantitative estimate of drug-likeness (QED) is 0.253. The fourth-order valence-electron chi connectivity index (χ4n) is 4.25. The fourth-order valence-corrected chi connectivity index (χ4v) is 4.38. The van der Waals surface area contributed by atoms with Crippen LogP contribution < -0.4 is 21.1 Å². The van der Waals surface area contributed by atoms with Gasteiger partial charge >= 0.3 is 24.0 Å². The molecule has 0 radical (unpaired) electrons. The van der Waals surface area contributed by atoms with Crippen molar-refractivity contribution in [2.45, 2.75) is 31.0 Å². The maximum atomic E-state index is 12.8. The number of rotatable bonds is 12. The lowest BCUT2D eigenvalue weighted by Gasteiger charge is -2.20. The molecule has 234 valence electrons. The van der Waals surface area contributed by atoms with Crippen LogP contribution in [0.3, 0.4) is 0 Å². The van der Waals surface area contributed by atoms with Crippen molar-refractivity contribution in [1.82, 2.24) is 24.8 Å². The van der Waals surface area contributed by atoms with Gasteiger partial charge in [-0.2, -0.15) is 28.1 Å². The highest BCUT2D eigenvalue weighted by Crippen LogP contribution is 2.48. The summed E-state index contributed by atoms with van der Waals surface area (Å²) in [7, 11) is 3.05. The van der Waals surface area contributed by atoms with Gasteiger partial charge in [-0.1, -0.05) is 23.7 Å². The van der Waals surface area contributed by atoms with E-state index in [0.29, 0.717) is 29.2 Å². The minimum Gasteiger partial charge on any atom is -0.454 e. The lowest BCUT2D eigenvalue weighted by Crippen LogP contribution is -2.39. The van der Waals surface area contributed by atoms with Crippen molar-refractivity contribution < 1.29 is 32.3 Å². The molecule has 1 fully saturated rings. The van der Waals surface area contributed by atoms with E-state index in [0.717, 1.165) is 18.4 Å². The molecule has 1 aliphatic carbocycles. The first-order valence-electron chi connectivity index (χ1n) is 13.4. The summed E-state index contributed by atoms with van der Waals surface area (Å²) in [6.07, 6.45) is -2.69. The largest absolute Gasteiger partial charge is 0.454 e. The number of likely N-dealkylation sites (N-methyl/N-ethyl adjacent to an activating group) is 1. The van der Waals surface area contributed by atoms with E-state index in [-0.39, 0.29) is 24.3 Å². The van der Waals surface area contributed by atoms with Gasteiger partial charge in [0.25, 0.3) is 5.91 Å².